The van der Waals surface area contributed by atoms with Crippen LogP contribution in [-0.2, 0) is 0 Å². The van der Waals surface area contributed by atoms with E-state index in [1.54, 1.807) is 0 Å². The maximum atomic E-state index is 5.43. The number of hydrogen-bond acceptors (Lipinski definition) is 2. The number of hydrogen-bond donors (Lipinski definition) is 1. The predicted molar refractivity (Wildman–Crippen MR) is 41.3 cm³/mol. The summed E-state index contributed by atoms with van der Waals surface area (Å²) < 4.78 is 0. The molecule has 0 amide bonds. The lowest BCUT2D eigenvalue weighted by Crippen LogP contribution is -1.92. The SMILES string of the molecule is CCC=N/C(N)=C\CC. The van der Waals surface area contributed by atoms with Gasteiger partial charge in [-0.3, -0.25) is 0 Å². The van der Waals surface area contributed by atoms with Crippen molar-refractivity contribution in [1.82, 2.24) is 0 Å². The van der Waals surface area contributed by atoms with Crippen LogP contribution in [0, 0.1) is 0 Å². The molecule has 0 spiro atoms. The third kappa shape index (κ3) is 5.07. The molecule has 0 aromatic rings. The zero-order valence-corrected chi connectivity index (χ0v) is 6.09. The van der Waals surface area contributed by atoms with Crippen LogP contribution in [0.2, 0.25) is 0 Å². The van der Waals surface area contributed by atoms with Crippen molar-refractivity contribution in [3.63, 3.8) is 0 Å². The van der Waals surface area contributed by atoms with Crippen molar-refractivity contribution in [1.29, 1.82) is 0 Å². The molecule has 0 saturated carbocycles. The Kier molecular flexibility index (Phi) is 4.88. The molecule has 0 aliphatic heterocycles. The highest BCUT2D eigenvalue weighted by Crippen LogP contribution is 1.87. The topological polar surface area (TPSA) is 38.4 Å². The number of aliphatic imine (C=N–C) groups is 1. The number of rotatable bonds is 3. The summed E-state index contributed by atoms with van der Waals surface area (Å²) in [6.07, 6.45) is 5.60. The molecule has 9 heavy (non-hydrogen) atoms. The Bertz CT molecular complexity index is 114. The molecule has 0 unspecified atom stereocenters. The molecular weight excluding hydrogens is 112 g/mol. The molecule has 0 bridgehead atoms. The van der Waals surface area contributed by atoms with E-state index < -0.39 is 0 Å². The van der Waals surface area contributed by atoms with E-state index in [-0.39, 0.29) is 0 Å². The second-order valence-corrected chi connectivity index (χ2v) is 1.76. The Labute approximate surface area is 56.5 Å². The fraction of sp³-hybridized carbons (Fsp3) is 0.571. The minimum Gasteiger partial charge on any atom is -0.384 e. The summed E-state index contributed by atoms with van der Waals surface area (Å²) in [5.41, 5.74) is 5.43. The van der Waals surface area contributed by atoms with Crippen LogP contribution in [-0.4, -0.2) is 6.21 Å². The second kappa shape index (κ2) is 5.35. The van der Waals surface area contributed by atoms with Crippen molar-refractivity contribution < 1.29 is 0 Å². The molecule has 0 aromatic heterocycles. The Balaban J connectivity index is 3.60. The predicted octanol–water partition coefficient (Wildman–Crippen LogP) is 1.68. The lowest BCUT2D eigenvalue weighted by Gasteiger charge is -1.87. The van der Waals surface area contributed by atoms with Gasteiger partial charge in [0, 0.05) is 6.21 Å². The summed E-state index contributed by atoms with van der Waals surface area (Å²) in [6, 6.07) is 0. The van der Waals surface area contributed by atoms with E-state index in [1.807, 2.05) is 26.1 Å². The molecule has 0 radical (unpaired) electrons. The van der Waals surface area contributed by atoms with E-state index in [4.69, 9.17) is 5.73 Å². The average Bonchev–Trinajstić information content (AvgIpc) is 1.85. The largest absolute Gasteiger partial charge is 0.384 e. The maximum absolute atomic E-state index is 5.43. The van der Waals surface area contributed by atoms with Gasteiger partial charge in [-0.1, -0.05) is 13.8 Å². The zero-order chi connectivity index (χ0) is 7.11. The van der Waals surface area contributed by atoms with Gasteiger partial charge in [-0.05, 0) is 18.9 Å². The third-order valence-corrected chi connectivity index (χ3v) is 0.836. The highest BCUT2D eigenvalue weighted by atomic mass is 14.9. The molecule has 52 valence electrons. The van der Waals surface area contributed by atoms with Gasteiger partial charge < -0.3 is 5.73 Å². The fourth-order valence-corrected chi connectivity index (χ4v) is 0.459. The second-order valence-electron chi connectivity index (χ2n) is 1.76. The van der Waals surface area contributed by atoms with E-state index >= 15 is 0 Å². The van der Waals surface area contributed by atoms with E-state index in [9.17, 15) is 0 Å². The smallest absolute Gasteiger partial charge is 0.118 e. The number of nitrogens with zero attached hydrogens (tertiary/aromatic N) is 1. The first-order valence-electron chi connectivity index (χ1n) is 3.29. The first-order valence-corrected chi connectivity index (χ1v) is 3.29. The van der Waals surface area contributed by atoms with Crippen molar-refractivity contribution in [2.45, 2.75) is 26.7 Å². The molecule has 0 saturated heterocycles. The van der Waals surface area contributed by atoms with Crippen LogP contribution in [0.5, 0.6) is 0 Å². The van der Waals surface area contributed by atoms with Gasteiger partial charge in [0.2, 0.25) is 0 Å². The van der Waals surface area contributed by atoms with Crippen LogP contribution in [0.1, 0.15) is 26.7 Å². The Morgan fingerprint density at radius 1 is 1.44 bits per heavy atom. The van der Waals surface area contributed by atoms with Gasteiger partial charge in [0.15, 0.2) is 0 Å². The summed E-state index contributed by atoms with van der Waals surface area (Å²) in [5, 5.41) is 0. The van der Waals surface area contributed by atoms with Gasteiger partial charge in [0.25, 0.3) is 0 Å². The van der Waals surface area contributed by atoms with Gasteiger partial charge in [-0.25, -0.2) is 4.99 Å². The monoisotopic (exact) mass is 126 g/mol. The normalized spacial score (nSPS) is 12.9. The molecule has 0 aromatic carbocycles. The highest BCUT2D eigenvalue weighted by molar-refractivity contribution is 5.58. The summed E-state index contributed by atoms with van der Waals surface area (Å²) >= 11 is 0. The first-order chi connectivity index (χ1) is 4.31. The van der Waals surface area contributed by atoms with Crippen molar-refractivity contribution in [3.8, 4) is 0 Å². The summed E-state index contributed by atoms with van der Waals surface area (Å²) in [7, 11) is 0. The Morgan fingerprint density at radius 2 is 2.11 bits per heavy atom. The lowest BCUT2D eigenvalue weighted by atomic mass is 10.4. The molecule has 2 N–H and O–H groups in total. The minimum absolute atomic E-state index is 0.624. The Morgan fingerprint density at radius 3 is 2.56 bits per heavy atom. The molecule has 2 nitrogen and oxygen atoms in total. The fourth-order valence-electron chi connectivity index (χ4n) is 0.459. The molecule has 0 heterocycles. The maximum Gasteiger partial charge on any atom is 0.118 e. The number of allylic oxidation sites excluding steroid dienone is 1. The quantitative estimate of drug-likeness (QED) is 0.574. The average molecular weight is 126 g/mol. The minimum atomic E-state index is 0.624. The molecule has 0 aliphatic carbocycles. The van der Waals surface area contributed by atoms with Gasteiger partial charge in [0.05, 0.1) is 0 Å². The first kappa shape index (κ1) is 8.21. The van der Waals surface area contributed by atoms with Gasteiger partial charge in [0.1, 0.15) is 5.82 Å². The molecular formula is C7H14N2. The van der Waals surface area contributed by atoms with Crippen LogP contribution >= 0.6 is 0 Å². The van der Waals surface area contributed by atoms with Crippen LogP contribution < -0.4 is 5.73 Å². The molecule has 0 atom stereocenters. The van der Waals surface area contributed by atoms with Crippen LogP contribution in [0.4, 0.5) is 0 Å². The van der Waals surface area contributed by atoms with Crippen molar-refractivity contribution in [2.75, 3.05) is 0 Å². The standard InChI is InChI=1S/C7H14N2/c1-3-5-7(8)9-6-4-2/h5-6H,3-4,8H2,1-2H3/b7-5-,9-6?. The van der Waals surface area contributed by atoms with E-state index in [0.29, 0.717) is 5.82 Å². The van der Waals surface area contributed by atoms with E-state index in [0.717, 1.165) is 12.8 Å². The van der Waals surface area contributed by atoms with Crippen LogP contribution in [0.3, 0.4) is 0 Å². The zero-order valence-electron chi connectivity index (χ0n) is 6.09. The van der Waals surface area contributed by atoms with Crippen molar-refractivity contribution in [3.05, 3.63) is 11.9 Å². The van der Waals surface area contributed by atoms with Gasteiger partial charge in [-0.2, -0.15) is 0 Å². The van der Waals surface area contributed by atoms with Gasteiger partial charge >= 0.3 is 0 Å². The molecule has 0 rings (SSSR count). The van der Waals surface area contributed by atoms with Crippen LogP contribution in [0.15, 0.2) is 16.9 Å². The molecule has 2 heteroatoms. The van der Waals surface area contributed by atoms with Crippen molar-refractivity contribution in [2.24, 2.45) is 10.7 Å². The molecule has 0 aliphatic rings. The lowest BCUT2D eigenvalue weighted by molar-refractivity contribution is 1.13. The van der Waals surface area contributed by atoms with Crippen molar-refractivity contribution >= 4 is 6.21 Å². The van der Waals surface area contributed by atoms with E-state index in [2.05, 4.69) is 4.99 Å². The summed E-state index contributed by atoms with van der Waals surface area (Å²) in [6.45, 7) is 4.07. The summed E-state index contributed by atoms with van der Waals surface area (Å²) in [4.78, 5) is 3.95. The number of nitrogens with two attached hydrogens (primary N) is 1. The molecule has 0 fully saturated rings. The van der Waals surface area contributed by atoms with Crippen LogP contribution in [0.25, 0.3) is 0 Å². The Hall–Kier alpha value is -0.790. The van der Waals surface area contributed by atoms with Gasteiger partial charge in [-0.15, -0.1) is 0 Å². The summed E-state index contributed by atoms with van der Waals surface area (Å²) in [5.74, 6) is 0.624. The van der Waals surface area contributed by atoms with E-state index in [1.165, 1.54) is 0 Å². The highest BCUT2D eigenvalue weighted by Gasteiger charge is 1.77. The third-order valence-electron chi connectivity index (χ3n) is 0.836.